The first kappa shape index (κ1) is 26.2. The Morgan fingerprint density at radius 1 is 1.17 bits per heavy atom. The molecule has 0 bridgehead atoms. The summed E-state index contributed by atoms with van der Waals surface area (Å²) in [6.45, 7) is 12.1. The number of benzene rings is 1. The van der Waals surface area contributed by atoms with Crippen molar-refractivity contribution in [3.05, 3.63) is 41.5 Å². The molecule has 168 valence electrons. The minimum absolute atomic E-state index is 0. The van der Waals surface area contributed by atoms with E-state index in [0.29, 0.717) is 6.54 Å². The average Bonchev–Trinajstić information content (AvgIpc) is 3.18. The number of nitrogens with one attached hydrogen (secondary N) is 2. The lowest BCUT2D eigenvalue weighted by molar-refractivity contribution is 0.303. The zero-order valence-electron chi connectivity index (χ0n) is 18.8. The van der Waals surface area contributed by atoms with Crippen LogP contribution in [0.4, 0.5) is 0 Å². The Morgan fingerprint density at radius 2 is 2.00 bits per heavy atom. The van der Waals surface area contributed by atoms with Crippen LogP contribution in [0.2, 0.25) is 0 Å². The topological polar surface area (TPSA) is 76.4 Å². The van der Waals surface area contributed by atoms with Gasteiger partial charge in [-0.2, -0.15) is 0 Å². The van der Waals surface area contributed by atoms with Crippen LogP contribution in [0.15, 0.2) is 29.5 Å². The first-order chi connectivity index (χ1) is 14.2. The van der Waals surface area contributed by atoms with Crippen molar-refractivity contribution in [1.29, 1.82) is 0 Å². The van der Waals surface area contributed by atoms with Gasteiger partial charge in [-0.05, 0) is 31.9 Å². The fraction of sp³-hybridized carbons (Fsp3) is 0.591. The van der Waals surface area contributed by atoms with E-state index in [-0.39, 0.29) is 24.0 Å². The van der Waals surface area contributed by atoms with Crippen LogP contribution in [0.25, 0.3) is 0 Å². The van der Waals surface area contributed by atoms with Gasteiger partial charge in [-0.3, -0.25) is 0 Å². The monoisotopic (exact) mass is 528 g/mol. The Balaban J connectivity index is 0.00000450. The van der Waals surface area contributed by atoms with Crippen molar-refractivity contribution in [2.45, 2.75) is 66.5 Å². The molecule has 30 heavy (non-hydrogen) atoms. The van der Waals surface area contributed by atoms with Gasteiger partial charge in [0.1, 0.15) is 17.9 Å². The van der Waals surface area contributed by atoms with E-state index in [2.05, 4.69) is 71.3 Å². The highest BCUT2D eigenvalue weighted by atomic mass is 127. The molecule has 7 nitrogen and oxygen atoms in total. The maximum absolute atomic E-state index is 6.04. The van der Waals surface area contributed by atoms with Crippen LogP contribution in [-0.2, 0) is 19.5 Å². The highest BCUT2D eigenvalue weighted by Crippen LogP contribution is 2.21. The number of hydrogen-bond donors (Lipinski definition) is 2. The number of halogens is 1. The lowest BCUT2D eigenvalue weighted by atomic mass is 10.1. The molecular weight excluding hydrogens is 491 g/mol. The second kappa shape index (κ2) is 15.0. The van der Waals surface area contributed by atoms with Gasteiger partial charge in [-0.15, -0.1) is 34.2 Å². The van der Waals surface area contributed by atoms with Gasteiger partial charge in [-0.1, -0.05) is 38.8 Å². The van der Waals surface area contributed by atoms with Crippen LogP contribution < -0.4 is 15.4 Å². The molecule has 1 aromatic carbocycles. The molecule has 0 spiro atoms. The standard InChI is InChI=1S/C22H36N6O.HI/c1-5-8-9-14-29-20-15-18(4)10-11-19(20)16-25-22(23-7-3)24-12-13-28-17-26-27-21(28)6-2;/h10-11,15,17H,5-9,12-14,16H2,1-4H3,(H2,23,24,25);1H. The molecule has 0 radical (unpaired) electrons. The summed E-state index contributed by atoms with van der Waals surface area (Å²) in [7, 11) is 0. The van der Waals surface area contributed by atoms with Gasteiger partial charge >= 0.3 is 0 Å². The molecule has 0 aliphatic heterocycles. The molecule has 0 aliphatic carbocycles. The van der Waals surface area contributed by atoms with Crippen molar-refractivity contribution < 1.29 is 4.74 Å². The fourth-order valence-corrected chi connectivity index (χ4v) is 3.00. The number of ether oxygens (including phenoxy) is 1. The zero-order chi connectivity index (χ0) is 20.9. The van der Waals surface area contributed by atoms with Gasteiger partial charge in [0.05, 0.1) is 13.2 Å². The molecule has 0 amide bonds. The number of hydrogen-bond acceptors (Lipinski definition) is 4. The summed E-state index contributed by atoms with van der Waals surface area (Å²) < 4.78 is 8.11. The van der Waals surface area contributed by atoms with Crippen LogP contribution in [0.1, 0.15) is 57.0 Å². The molecular formula is C22H37IN6O. The normalized spacial score (nSPS) is 11.1. The molecule has 2 rings (SSSR count). The predicted octanol–water partition coefficient (Wildman–Crippen LogP) is 4.09. The van der Waals surface area contributed by atoms with E-state index in [9.17, 15) is 0 Å². The lowest BCUT2D eigenvalue weighted by Gasteiger charge is -2.14. The summed E-state index contributed by atoms with van der Waals surface area (Å²) in [6, 6.07) is 6.33. The van der Waals surface area contributed by atoms with E-state index < -0.39 is 0 Å². The number of aliphatic imine (C=N–C) groups is 1. The van der Waals surface area contributed by atoms with Gasteiger partial charge in [0.2, 0.25) is 0 Å². The lowest BCUT2D eigenvalue weighted by Crippen LogP contribution is -2.38. The van der Waals surface area contributed by atoms with E-state index >= 15 is 0 Å². The van der Waals surface area contributed by atoms with Gasteiger partial charge < -0.3 is 19.9 Å². The van der Waals surface area contributed by atoms with E-state index in [1.807, 2.05) is 0 Å². The molecule has 0 saturated heterocycles. The highest BCUT2D eigenvalue weighted by Gasteiger charge is 2.06. The summed E-state index contributed by atoms with van der Waals surface area (Å²) >= 11 is 0. The summed E-state index contributed by atoms with van der Waals surface area (Å²) in [5.41, 5.74) is 2.31. The summed E-state index contributed by atoms with van der Waals surface area (Å²) in [5, 5.41) is 14.8. The van der Waals surface area contributed by atoms with Crippen LogP contribution >= 0.6 is 24.0 Å². The first-order valence-corrected chi connectivity index (χ1v) is 10.8. The number of aryl methyl sites for hydroxylation is 2. The number of guanidine groups is 1. The minimum Gasteiger partial charge on any atom is -0.493 e. The first-order valence-electron chi connectivity index (χ1n) is 10.8. The molecule has 0 fully saturated rings. The molecule has 2 aromatic rings. The van der Waals surface area contributed by atoms with Crippen molar-refractivity contribution in [2.75, 3.05) is 19.7 Å². The number of nitrogens with zero attached hydrogens (tertiary/aromatic N) is 4. The van der Waals surface area contributed by atoms with E-state index in [0.717, 1.165) is 62.2 Å². The second-order valence-electron chi connectivity index (χ2n) is 7.08. The van der Waals surface area contributed by atoms with Crippen molar-refractivity contribution in [1.82, 2.24) is 25.4 Å². The van der Waals surface area contributed by atoms with Crippen LogP contribution in [0, 0.1) is 6.92 Å². The molecule has 1 heterocycles. The Hall–Kier alpha value is -1.84. The van der Waals surface area contributed by atoms with Crippen molar-refractivity contribution in [3.63, 3.8) is 0 Å². The van der Waals surface area contributed by atoms with E-state index in [1.165, 1.54) is 18.4 Å². The molecule has 0 saturated carbocycles. The molecule has 0 atom stereocenters. The number of rotatable bonds is 12. The maximum atomic E-state index is 6.04. The van der Waals surface area contributed by atoms with Gasteiger partial charge in [-0.25, -0.2) is 4.99 Å². The third-order valence-corrected chi connectivity index (χ3v) is 4.64. The fourth-order valence-electron chi connectivity index (χ4n) is 3.00. The van der Waals surface area contributed by atoms with Crippen LogP contribution in [0.5, 0.6) is 5.75 Å². The molecule has 0 aliphatic rings. The minimum atomic E-state index is 0. The molecule has 8 heteroatoms. The van der Waals surface area contributed by atoms with Crippen LogP contribution in [-0.4, -0.2) is 40.4 Å². The van der Waals surface area contributed by atoms with Crippen molar-refractivity contribution >= 4 is 29.9 Å². The van der Waals surface area contributed by atoms with Crippen molar-refractivity contribution in [3.8, 4) is 5.75 Å². The Labute approximate surface area is 198 Å². The number of unbranched alkanes of at least 4 members (excludes halogenated alkanes) is 2. The Kier molecular flexibility index (Phi) is 13.1. The quantitative estimate of drug-likeness (QED) is 0.188. The second-order valence-corrected chi connectivity index (χ2v) is 7.08. The van der Waals surface area contributed by atoms with Crippen LogP contribution in [0.3, 0.4) is 0 Å². The Bertz CT molecular complexity index is 762. The summed E-state index contributed by atoms with van der Waals surface area (Å²) in [5.74, 6) is 2.74. The average molecular weight is 528 g/mol. The Morgan fingerprint density at radius 3 is 2.73 bits per heavy atom. The molecule has 1 aromatic heterocycles. The largest absolute Gasteiger partial charge is 0.493 e. The van der Waals surface area contributed by atoms with Gasteiger partial charge in [0.25, 0.3) is 0 Å². The van der Waals surface area contributed by atoms with E-state index in [4.69, 9.17) is 9.73 Å². The van der Waals surface area contributed by atoms with Gasteiger partial charge in [0.15, 0.2) is 5.96 Å². The highest BCUT2D eigenvalue weighted by molar-refractivity contribution is 14.0. The molecule has 2 N–H and O–H groups in total. The smallest absolute Gasteiger partial charge is 0.191 e. The summed E-state index contributed by atoms with van der Waals surface area (Å²) in [4.78, 5) is 4.75. The zero-order valence-corrected chi connectivity index (χ0v) is 21.1. The SMILES string of the molecule is CCCCCOc1cc(C)ccc1CN=C(NCC)NCCn1cnnc1CC.I. The third-order valence-electron chi connectivity index (χ3n) is 4.64. The van der Waals surface area contributed by atoms with E-state index in [1.54, 1.807) is 6.33 Å². The number of aromatic nitrogens is 3. The predicted molar refractivity (Wildman–Crippen MR) is 134 cm³/mol. The third kappa shape index (κ3) is 8.89. The maximum Gasteiger partial charge on any atom is 0.191 e. The van der Waals surface area contributed by atoms with Crippen molar-refractivity contribution in [2.24, 2.45) is 4.99 Å². The molecule has 0 unspecified atom stereocenters. The summed E-state index contributed by atoms with van der Waals surface area (Å²) in [6.07, 6.45) is 6.13. The van der Waals surface area contributed by atoms with Gasteiger partial charge in [0, 0.05) is 31.6 Å².